The molecule has 0 radical (unpaired) electrons. The van der Waals surface area contributed by atoms with Crippen LogP contribution < -0.4 is 0 Å². The van der Waals surface area contributed by atoms with Gasteiger partial charge in [-0.1, -0.05) is 6.92 Å². The van der Waals surface area contributed by atoms with E-state index >= 15 is 0 Å². The topological polar surface area (TPSA) is 18.5 Å². The summed E-state index contributed by atoms with van der Waals surface area (Å²) in [7, 11) is -4.03. The van der Waals surface area contributed by atoms with E-state index in [9.17, 15) is 57.1 Å². The largest absolute Gasteiger partial charge is 0.396 e. The van der Waals surface area contributed by atoms with E-state index in [4.69, 9.17) is 0 Å². The summed E-state index contributed by atoms with van der Waals surface area (Å²) in [6.45, 7) is 0.876. The number of hydrogen-bond donors (Lipinski definition) is 0. The van der Waals surface area contributed by atoms with Crippen molar-refractivity contribution in [3.05, 3.63) is 0 Å². The quantitative estimate of drug-likeness (QED) is 0.312. The lowest BCUT2D eigenvalue weighted by molar-refractivity contribution is -0.384. The maximum absolute atomic E-state index is 14.1. The molecular weight excluding hydrogens is 451 g/mol. The molecule has 0 aromatic heterocycles. The van der Waals surface area contributed by atoms with E-state index in [1.54, 1.807) is 0 Å². The van der Waals surface area contributed by atoms with Gasteiger partial charge in [-0.05, 0) is 6.04 Å². The number of hydrogen-bond acceptors (Lipinski definition) is 2. The van der Waals surface area contributed by atoms with Crippen molar-refractivity contribution in [2.24, 2.45) is 0 Å². The van der Waals surface area contributed by atoms with Crippen LogP contribution in [0.2, 0.25) is 6.04 Å². The monoisotopic (exact) mass is 466 g/mol. The van der Waals surface area contributed by atoms with Crippen LogP contribution in [0.25, 0.3) is 0 Å². The Balaban J connectivity index is 6.31. The van der Waals surface area contributed by atoms with Gasteiger partial charge < -0.3 is 8.85 Å². The first kappa shape index (κ1) is 27.2. The molecule has 0 aromatic carbocycles. The van der Waals surface area contributed by atoms with Crippen LogP contribution in [0.5, 0.6) is 0 Å². The molecule has 0 amide bonds. The minimum Gasteiger partial charge on any atom is -0.396 e. The maximum Gasteiger partial charge on any atom is 0.381 e. The molecule has 0 aliphatic rings. The summed E-state index contributed by atoms with van der Waals surface area (Å²) < 4.78 is 181. The molecule has 28 heavy (non-hydrogen) atoms. The van der Waals surface area contributed by atoms with Crippen molar-refractivity contribution in [3.63, 3.8) is 0 Å². The van der Waals surface area contributed by atoms with E-state index < -0.39 is 62.9 Å². The van der Waals surface area contributed by atoms with Crippen molar-refractivity contribution >= 4 is 8.56 Å². The summed E-state index contributed by atoms with van der Waals surface area (Å²) in [6, 6.07) is -0.877. The zero-order chi connectivity index (χ0) is 22.9. The van der Waals surface area contributed by atoms with Gasteiger partial charge in [-0.2, -0.15) is 35.1 Å². The van der Waals surface area contributed by atoms with Gasteiger partial charge in [0.05, 0.1) is 0 Å². The SMILES string of the molecule is CC[Si](OC)(OC)C(F)C(F)(F)C(F)(F)C(F)(F)C(F)(F)C(F)C(F)C(F)F. The first-order valence-electron chi connectivity index (χ1n) is 7.17. The van der Waals surface area contributed by atoms with Gasteiger partial charge in [-0.25, -0.2) is 22.0 Å². The van der Waals surface area contributed by atoms with Crippen molar-refractivity contribution < 1.29 is 65.9 Å². The fraction of sp³-hybridized carbons (Fsp3) is 1.00. The molecule has 0 saturated heterocycles. The molecule has 0 aliphatic carbocycles. The fourth-order valence-electron chi connectivity index (χ4n) is 2.11. The highest BCUT2D eigenvalue weighted by Crippen LogP contribution is 2.57. The molecule has 0 aromatic rings. The number of alkyl halides is 13. The Kier molecular flexibility index (Phi) is 8.30. The normalized spacial score (nSPS) is 18.3. The summed E-state index contributed by atoms with van der Waals surface area (Å²) >= 11 is 0. The van der Waals surface area contributed by atoms with E-state index in [1.807, 2.05) is 0 Å². The van der Waals surface area contributed by atoms with Crippen molar-refractivity contribution in [2.75, 3.05) is 14.2 Å². The molecule has 0 heterocycles. The number of rotatable bonds is 11. The van der Waals surface area contributed by atoms with E-state index in [0.717, 1.165) is 6.92 Å². The van der Waals surface area contributed by atoms with Crippen molar-refractivity contribution in [3.8, 4) is 0 Å². The van der Waals surface area contributed by atoms with Gasteiger partial charge in [-0.15, -0.1) is 0 Å². The molecule has 0 aliphatic heterocycles. The van der Waals surface area contributed by atoms with Gasteiger partial charge in [0.15, 0.2) is 6.17 Å². The highest BCUT2D eigenvalue weighted by atomic mass is 28.4. The molecule has 0 bridgehead atoms. The minimum absolute atomic E-state index is 0.501. The average molecular weight is 466 g/mol. The van der Waals surface area contributed by atoms with Gasteiger partial charge >= 0.3 is 32.3 Å². The lowest BCUT2D eigenvalue weighted by atomic mass is 9.94. The Labute approximate surface area is 151 Å². The lowest BCUT2D eigenvalue weighted by Gasteiger charge is -2.41. The zero-order valence-electron chi connectivity index (χ0n) is 14.2. The second-order valence-corrected chi connectivity index (χ2v) is 9.17. The van der Waals surface area contributed by atoms with Crippen LogP contribution in [-0.2, 0) is 8.85 Å². The van der Waals surface area contributed by atoms with Crippen LogP contribution in [0, 0.1) is 0 Å². The molecule has 170 valence electrons. The van der Waals surface area contributed by atoms with Crippen LogP contribution in [0.1, 0.15) is 6.92 Å². The summed E-state index contributed by atoms with van der Waals surface area (Å²) in [6.07, 6.45) is -14.7. The van der Waals surface area contributed by atoms with Crippen LogP contribution in [-0.4, -0.2) is 71.0 Å². The third kappa shape index (κ3) is 3.95. The van der Waals surface area contributed by atoms with Gasteiger partial charge in [0.25, 0.3) is 6.43 Å². The van der Waals surface area contributed by atoms with Crippen molar-refractivity contribution in [1.82, 2.24) is 0 Å². The van der Waals surface area contributed by atoms with E-state index in [-0.39, 0.29) is 0 Å². The van der Waals surface area contributed by atoms with Gasteiger partial charge in [0.2, 0.25) is 12.0 Å². The lowest BCUT2D eigenvalue weighted by Crippen LogP contribution is -2.71. The van der Waals surface area contributed by atoms with Crippen LogP contribution in [0.4, 0.5) is 57.1 Å². The Bertz CT molecular complexity index is 503. The molecule has 0 N–H and O–H groups in total. The third-order valence-electron chi connectivity index (χ3n) is 3.99. The van der Waals surface area contributed by atoms with Gasteiger partial charge in [0, 0.05) is 14.2 Å². The van der Waals surface area contributed by atoms with E-state index in [2.05, 4.69) is 8.85 Å². The first-order valence-corrected chi connectivity index (χ1v) is 9.27. The Morgan fingerprint density at radius 1 is 0.714 bits per heavy atom. The Morgan fingerprint density at radius 2 is 1.07 bits per heavy atom. The van der Waals surface area contributed by atoms with E-state index in [1.165, 1.54) is 0 Å². The van der Waals surface area contributed by atoms with Gasteiger partial charge in [0.1, 0.15) is 0 Å². The Hall–Kier alpha value is -0.773. The molecule has 16 heteroatoms. The molecule has 0 spiro atoms. The standard InChI is InChI=1S/C12H15F13O2Si/c1-4-28(26-2,27-3)8(17)10(20,21)12(24,25)11(22,23)9(18,19)6(14)5(13)7(15)16/h5-8H,4H2,1-3H3. The molecule has 2 nitrogen and oxygen atoms in total. The van der Waals surface area contributed by atoms with Crippen molar-refractivity contribution in [1.29, 1.82) is 0 Å². The van der Waals surface area contributed by atoms with E-state index in [0.29, 0.717) is 14.2 Å². The highest BCUT2D eigenvalue weighted by Gasteiger charge is 2.86. The van der Waals surface area contributed by atoms with Crippen molar-refractivity contribution in [2.45, 2.75) is 61.2 Å². The van der Waals surface area contributed by atoms with Crippen LogP contribution in [0.3, 0.4) is 0 Å². The maximum atomic E-state index is 14.1. The zero-order valence-corrected chi connectivity index (χ0v) is 15.2. The molecule has 0 rings (SSSR count). The summed E-state index contributed by atoms with van der Waals surface area (Å²) in [5, 5.41) is 0. The highest BCUT2D eigenvalue weighted by molar-refractivity contribution is 6.68. The molecule has 0 saturated carbocycles. The van der Waals surface area contributed by atoms with Crippen LogP contribution >= 0.6 is 0 Å². The second kappa shape index (κ2) is 8.53. The smallest absolute Gasteiger partial charge is 0.381 e. The molecule has 3 unspecified atom stereocenters. The summed E-state index contributed by atoms with van der Waals surface area (Å²) in [5.41, 5.74) is 0. The average Bonchev–Trinajstić information content (AvgIpc) is 2.61. The molecule has 3 atom stereocenters. The predicted molar refractivity (Wildman–Crippen MR) is 70.7 cm³/mol. The van der Waals surface area contributed by atoms with Gasteiger partial charge in [-0.3, -0.25) is 0 Å². The minimum atomic E-state index is -7.48. The van der Waals surface area contributed by atoms with Crippen LogP contribution in [0.15, 0.2) is 0 Å². The second-order valence-electron chi connectivity index (χ2n) is 5.51. The number of halogens is 13. The fourth-order valence-corrected chi connectivity index (χ4v) is 4.36. The summed E-state index contributed by atoms with van der Waals surface area (Å²) in [5.74, 6) is -32.9. The molecule has 0 fully saturated rings. The summed E-state index contributed by atoms with van der Waals surface area (Å²) in [4.78, 5) is 0. The Morgan fingerprint density at radius 3 is 1.36 bits per heavy atom. The third-order valence-corrected chi connectivity index (χ3v) is 7.49. The molecular formula is C12H15F13O2Si. The first-order chi connectivity index (χ1) is 12.4. The predicted octanol–water partition coefficient (Wildman–Crippen LogP) is 5.10.